The van der Waals surface area contributed by atoms with E-state index in [1.807, 2.05) is 42.2 Å². The van der Waals surface area contributed by atoms with E-state index in [-0.39, 0.29) is 23.6 Å². The fourth-order valence-electron chi connectivity index (χ4n) is 8.40. The minimum atomic E-state index is -1.71. The number of nitrogens with zero attached hydrogens (tertiary/aromatic N) is 6. The van der Waals surface area contributed by atoms with E-state index in [4.69, 9.17) is 4.74 Å². The molecular weight excluding hydrogens is 662 g/mol. The molecule has 1 unspecified atom stereocenters. The van der Waals surface area contributed by atoms with Gasteiger partial charge in [0.05, 0.1) is 16.8 Å². The summed E-state index contributed by atoms with van der Waals surface area (Å²) in [7, 11) is 2.51. The molecule has 3 saturated carbocycles. The zero-order chi connectivity index (χ0) is 33.9. The molecule has 10 nitrogen and oxygen atoms in total. The number of hydrogen-bond acceptors (Lipinski definition) is 10. The van der Waals surface area contributed by atoms with Gasteiger partial charge in [0, 0.05) is 35.3 Å². The van der Waals surface area contributed by atoms with Gasteiger partial charge in [-0.3, -0.25) is 0 Å². The number of fused-ring (bicyclic) bond motifs is 2. The minimum absolute atomic E-state index is 0.130. The van der Waals surface area contributed by atoms with Crippen molar-refractivity contribution in [1.82, 2.24) is 20.1 Å². The molecule has 1 atom stereocenters. The summed E-state index contributed by atoms with van der Waals surface area (Å²) in [5, 5.41) is 23.2. The summed E-state index contributed by atoms with van der Waals surface area (Å²) in [6, 6.07) is 13.4. The Hall–Kier alpha value is -4.07. The third-order valence-electron chi connectivity index (χ3n) is 10.3. The number of hydrogen-bond donors (Lipinski definition) is 3. The number of halogens is 1. The number of thiol groups is 1. The Morgan fingerprint density at radius 1 is 1.18 bits per heavy atom. The van der Waals surface area contributed by atoms with Crippen molar-refractivity contribution in [2.75, 3.05) is 44.0 Å². The van der Waals surface area contributed by atoms with Gasteiger partial charge in [0.2, 0.25) is 0 Å². The number of carbonyl (C=O) groups is 1. The number of allylic oxidation sites excluding steroid dienone is 1. The number of ether oxygens (including phenoxy) is 1. The molecule has 0 radical (unpaired) electrons. The van der Waals surface area contributed by atoms with Crippen LogP contribution in [0.5, 0.6) is 5.75 Å². The molecule has 5 aliphatic rings. The fourth-order valence-corrected chi connectivity index (χ4v) is 11.1. The van der Waals surface area contributed by atoms with Crippen LogP contribution in [-0.2, 0) is 11.8 Å². The van der Waals surface area contributed by atoms with E-state index in [1.54, 1.807) is 29.7 Å². The molecule has 0 saturated heterocycles. The molecular formula is C36H40FN7O3S2. The van der Waals surface area contributed by atoms with E-state index in [1.165, 1.54) is 0 Å². The molecule has 0 amide bonds. The van der Waals surface area contributed by atoms with Crippen LogP contribution in [0.1, 0.15) is 55.2 Å². The van der Waals surface area contributed by atoms with Crippen molar-refractivity contribution < 1.29 is 19.0 Å². The van der Waals surface area contributed by atoms with Crippen molar-refractivity contribution in [3.63, 3.8) is 0 Å². The lowest BCUT2D eigenvalue weighted by molar-refractivity contribution is -0.151. The van der Waals surface area contributed by atoms with E-state index in [0.717, 1.165) is 75.6 Å². The molecule has 0 spiro atoms. The summed E-state index contributed by atoms with van der Waals surface area (Å²) in [5.74, 6) is 1.22. The van der Waals surface area contributed by atoms with Gasteiger partial charge in [0.15, 0.2) is 33.5 Å². The highest BCUT2D eigenvalue weighted by Gasteiger charge is 2.67. The van der Waals surface area contributed by atoms with E-state index in [2.05, 4.69) is 44.5 Å². The number of benzene rings is 2. The highest BCUT2D eigenvalue weighted by Crippen LogP contribution is 2.73. The predicted molar refractivity (Wildman–Crippen MR) is 196 cm³/mol. The Morgan fingerprint density at radius 2 is 2.00 bits per heavy atom. The van der Waals surface area contributed by atoms with Crippen molar-refractivity contribution in [3.05, 3.63) is 76.1 Å². The first-order chi connectivity index (χ1) is 23.6. The van der Waals surface area contributed by atoms with Gasteiger partial charge in [-0.05, 0) is 107 Å². The first kappa shape index (κ1) is 32.2. The van der Waals surface area contributed by atoms with Crippen molar-refractivity contribution in [2.45, 2.75) is 57.3 Å². The van der Waals surface area contributed by atoms with Crippen molar-refractivity contribution >= 4 is 59.7 Å². The van der Waals surface area contributed by atoms with Crippen LogP contribution in [0.3, 0.4) is 0 Å². The largest absolute Gasteiger partial charge is 0.491 e. The second kappa shape index (κ2) is 12.4. The lowest BCUT2D eigenvalue weighted by Crippen LogP contribution is -2.67. The lowest BCUT2D eigenvalue weighted by atomic mass is 9.33. The van der Waals surface area contributed by atoms with Gasteiger partial charge in [-0.1, -0.05) is 40.4 Å². The normalized spacial score (nSPS) is 24.6. The van der Waals surface area contributed by atoms with Crippen LogP contribution in [0.15, 0.2) is 58.6 Å². The Balaban J connectivity index is 0.890. The summed E-state index contributed by atoms with van der Waals surface area (Å²) in [4.78, 5) is 26.9. The number of aliphatic imine (C=N–C) groups is 1. The number of amidine groups is 1. The van der Waals surface area contributed by atoms with Crippen molar-refractivity contribution in [3.8, 4) is 5.75 Å². The molecule has 4 heterocycles. The monoisotopic (exact) mass is 701 g/mol. The van der Waals surface area contributed by atoms with Crippen molar-refractivity contribution in [1.29, 1.82) is 0 Å². The number of anilines is 3. The Labute approximate surface area is 291 Å². The molecule has 3 fully saturated rings. The van der Waals surface area contributed by atoms with Gasteiger partial charge >= 0.3 is 5.30 Å². The SMILES string of the molecule is Cc1c(Nc2nc3ccccc3s2)nnc2c1CCCN2C1=NC=C(CCCOc2ccc(C34CC(CN(C)C)(C3)C4)cc2F)[SH]1C(=O)O. The summed E-state index contributed by atoms with van der Waals surface area (Å²) >= 11 is 1.56. The minimum Gasteiger partial charge on any atom is -0.491 e. The van der Waals surface area contributed by atoms with Gasteiger partial charge in [-0.2, -0.15) is 0 Å². The standard InChI is InChI=1S/C36H40FN7O3S2/c1-22-25-9-6-14-44(31(25)42-41-30(22)40-32-39-27-10-4-5-11-29(27)48-32)33-38-17-24(49(33)34(45)46)8-7-15-47-28-13-12-23(16-26(28)37)36-18-35(19-36,20-36)21-43(2)3/h4-5,10-13,16-17,49H,6-9,14-15,18-21H2,1-3H3,(H,45,46)(H,39,40,41). The summed E-state index contributed by atoms with van der Waals surface area (Å²) in [6.07, 6.45) is 7.77. The molecule has 4 aromatic rings. The maximum Gasteiger partial charge on any atom is 0.355 e. The first-order valence-electron chi connectivity index (χ1n) is 16.8. The maximum atomic E-state index is 15.1. The second-order valence-electron chi connectivity index (χ2n) is 14.2. The van der Waals surface area contributed by atoms with E-state index < -0.39 is 16.2 Å². The molecule has 2 bridgehead atoms. The zero-order valence-corrected chi connectivity index (χ0v) is 29.6. The number of carboxylic acid groups (broad SMARTS) is 1. The van der Waals surface area contributed by atoms with E-state index in [0.29, 0.717) is 41.6 Å². The Morgan fingerprint density at radius 3 is 2.76 bits per heavy atom. The van der Waals surface area contributed by atoms with Crippen LogP contribution in [-0.4, -0.2) is 69.4 Å². The van der Waals surface area contributed by atoms with Crippen LogP contribution in [0, 0.1) is 18.2 Å². The summed E-state index contributed by atoms with van der Waals surface area (Å²) < 4.78 is 22.0. The quantitative estimate of drug-likeness (QED) is 0.113. The smallest absolute Gasteiger partial charge is 0.355 e. The van der Waals surface area contributed by atoms with Crippen LogP contribution in [0.25, 0.3) is 10.2 Å². The average molecular weight is 702 g/mol. The highest BCUT2D eigenvalue weighted by molar-refractivity contribution is 8.44. The van der Waals surface area contributed by atoms with Gasteiger partial charge in [-0.25, -0.2) is 19.2 Å². The molecule has 2 aromatic heterocycles. The topological polar surface area (TPSA) is 116 Å². The first-order valence-corrected chi connectivity index (χ1v) is 18.9. The number of aromatic nitrogens is 3. The molecule has 2 aromatic carbocycles. The van der Waals surface area contributed by atoms with Crippen LogP contribution in [0.2, 0.25) is 0 Å². The molecule has 3 aliphatic carbocycles. The van der Waals surface area contributed by atoms with E-state index >= 15 is 4.39 Å². The molecule has 49 heavy (non-hydrogen) atoms. The van der Waals surface area contributed by atoms with Gasteiger partial charge in [0.1, 0.15) is 0 Å². The maximum absolute atomic E-state index is 15.1. The van der Waals surface area contributed by atoms with E-state index in [9.17, 15) is 9.90 Å². The Kier molecular flexibility index (Phi) is 8.11. The van der Waals surface area contributed by atoms with Gasteiger partial charge in [-0.15, -0.1) is 10.2 Å². The van der Waals surface area contributed by atoms with Crippen molar-refractivity contribution in [2.24, 2.45) is 10.4 Å². The summed E-state index contributed by atoms with van der Waals surface area (Å²) in [6.45, 7) is 4.01. The van der Waals surface area contributed by atoms with Gasteiger partial charge < -0.3 is 25.0 Å². The summed E-state index contributed by atoms with van der Waals surface area (Å²) in [5.41, 5.74) is 4.54. The number of thiazole rings is 1. The number of rotatable bonds is 10. The zero-order valence-electron chi connectivity index (χ0n) is 27.9. The highest BCUT2D eigenvalue weighted by atomic mass is 32.2. The number of nitrogens with one attached hydrogen (secondary N) is 1. The third-order valence-corrected chi connectivity index (χ3v) is 13.3. The van der Waals surface area contributed by atoms with Crippen LogP contribution < -0.4 is 15.0 Å². The average Bonchev–Trinajstić information content (AvgIpc) is 3.66. The van der Waals surface area contributed by atoms with Gasteiger partial charge in [0.25, 0.3) is 0 Å². The Bertz CT molecular complexity index is 1980. The number of para-hydroxylation sites is 1. The van der Waals surface area contributed by atoms with Crippen LogP contribution >= 0.6 is 22.2 Å². The predicted octanol–water partition coefficient (Wildman–Crippen LogP) is 7.76. The third kappa shape index (κ3) is 5.75. The molecule has 2 aliphatic heterocycles. The fraction of sp³-hybridized carbons (Fsp3) is 0.417. The molecule has 9 rings (SSSR count). The second-order valence-corrected chi connectivity index (χ2v) is 17.2. The van der Waals surface area contributed by atoms with Crippen LogP contribution in [0.4, 0.5) is 26.0 Å². The molecule has 256 valence electrons. The molecule has 13 heteroatoms. The molecule has 2 N–H and O–H groups in total. The lowest BCUT2D eigenvalue weighted by Gasteiger charge is -2.72.